The standard InChI is InChI=1S/C14H21ClN2O/c1-4-12(9-15)16-14(18)17-13-7-5-11(6-8-13)10(2)3/h5-8,10,12H,4,9H2,1-3H3,(H2,16,17,18). The summed E-state index contributed by atoms with van der Waals surface area (Å²) >= 11 is 5.73. The summed E-state index contributed by atoms with van der Waals surface area (Å²) in [7, 11) is 0. The van der Waals surface area contributed by atoms with Crippen LogP contribution in [0.4, 0.5) is 10.5 Å². The first-order valence-electron chi connectivity index (χ1n) is 6.30. The summed E-state index contributed by atoms with van der Waals surface area (Å²) in [6, 6.07) is 7.69. The Labute approximate surface area is 114 Å². The molecule has 0 spiro atoms. The molecule has 0 aromatic heterocycles. The van der Waals surface area contributed by atoms with Crippen molar-refractivity contribution < 1.29 is 4.79 Å². The van der Waals surface area contributed by atoms with Crippen molar-refractivity contribution in [3.63, 3.8) is 0 Å². The molecule has 1 unspecified atom stereocenters. The zero-order valence-corrected chi connectivity index (χ0v) is 11.9. The topological polar surface area (TPSA) is 41.1 Å². The molecule has 0 saturated carbocycles. The smallest absolute Gasteiger partial charge is 0.319 e. The average molecular weight is 269 g/mol. The first kappa shape index (κ1) is 14.8. The summed E-state index contributed by atoms with van der Waals surface area (Å²) in [4.78, 5) is 11.7. The Bertz CT molecular complexity index is 372. The Morgan fingerprint density at radius 1 is 1.28 bits per heavy atom. The van der Waals surface area contributed by atoms with E-state index in [0.29, 0.717) is 11.8 Å². The maximum atomic E-state index is 11.7. The van der Waals surface area contributed by atoms with Crippen LogP contribution in [0.2, 0.25) is 0 Å². The Balaban J connectivity index is 2.54. The van der Waals surface area contributed by atoms with Crippen molar-refractivity contribution in [2.75, 3.05) is 11.2 Å². The van der Waals surface area contributed by atoms with E-state index in [1.807, 2.05) is 31.2 Å². The maximum absolute atomic E-state index is 11.7. The minimum Gasteiger partial charge on any atom is -0.334 e. The molecule has 2 amide bonds. The lowest BCUT2D eigenvalue weighted by molar-refractivity contribution is 0.249. The molecule has 0 bridgehead atoms. The second kappa shape index (κ2) is 7.27. The van der Waals surface area contributed by atoms with Crippen LogP contribution >= 0.6 is 11.6 Å². The molecule has 18 heavy (non-hydrogen) atoms. The highest BCUT2D eigenvalue weighted by Gasteiger charge is 2.09. The molecule has 0 aliphatic rings. The van der Waals surface area contributed by atoms with Crippen molar-refractivity contribution in [1.29, 1.82) is 0 Å². The molecule has 1 atom stereocenters. The van der Waals surface area contributed by atoms with Crippen LogP contribution in [0.15, 0.2) is 24.3 Å². The van der Waals surface area contributed by atoms with E-state index in [1.165, 1.54) is 5.56 Å². The Morgan fingerprint density at radius 2 is 1.89 bits per heavy atom. The van der Waals surface area contributed by atoms with Crippen LogP contribution in [0, 0.1) is 0 Å². The van der Waals surface area contributed by atoms with Gasteiger partial charge < -0.3 is 10.6 Å². The van der Waals surface area contributed by atoms with Crippen molar-refractivity contribution in [2.45, 2.75) is 39.2 Å². The average Bonchev–Trinajstić information content (AvgIpc) is 2.36. The molecule has 1 aromatic carbocycles. The number of carbonyl (C=O) groups excluding carboxylic acids is 1. The van der Waals surface area contributed by atoms with Crippen molar-refractivity contribution in [3.8, 4) is 0 Å². The third-order valence-electron chi connectivity index (χ3n) is 2.85. The molecule has 1 aromatic rings. The molecule has 0 aliphatic heterocycles. The lowest BCUT2D eigenvalue weighted by atomic mass is 10.0. The second-order valence-corrected chi connectivity index (χ2v) is 4.94. The van der Waals surface area contributed by atoms with Gasteiger partial charge >= 0.3 is 6.03 Å². The SMILES string of the molecule is CCC(CCl)NC(=O)Nc1ccc(C(C)C)cc1. The van der Waals surface area contributed by atoms with Crippen molar-refractivity contribution in [1.82, 2.24) is 5.32 Å². The Morgan fingerprint density at radius 3 is 2.33 bits per heavy atom. The van der Waals surface area contributed by atoms with Gasteiger partial charge in [0.05, 0.1) is 0 Å². The number of carbonyl (C=O) groups is 1. The second-order valence-electron chi connectivity index (χ2n) is 4.63. The first-order chi connectivity index (χ1) is 8.56. The van der Waals surface area contributed by atoms with E-state index in [9.17, 15) is 4.79 Å². The highest BCUT2D eigenvalue weighted by molar-refractivity contribution is 6.18. The van der Waals surface area contributed by atoms with Crippen molar-refractivity contribution in [3.05, 3.63) is 29.8 Å². The fraction of sp³-hybridized carbons (Fsp3) is 0.500. The van der Waals surface area contributed by atoms with Gasteiger partial charge in [-0.05, 0) is 30.0 Å². The molecule has 0 fully saturated rings. The minimum atomic E-state index is -0.209. The number of alkyl halides is 1. The van der Waals surface area contributed by atoms with Crippen molar-refractivity contribution >= 4 is 23.3 Å². The number of amides is 2. The number of nitrogens with one attached hydrogen (secondary N) is 2. The first-order valence-corrected chi connectivity index (χ1v) is 6.83. The molecule has 0 radical (unpaired) electrons. The normalized spacial score (nSPS) is 12.3. The summed E-state index contributed by atoms with van der Waals surface area (Å²) in [6.07, 6.45) is 0.823. The molecule has 3 nitrogen and oxygen atoms in total. The van der Waals surface area contributed by atoms with E-state index in [1.54, 1.807) is 0 Å². The van der Waals surface area contributed by atoms with Crippen LogP contribution in [-0.4, -0.2) is 18.0 Å². The third-order valence-corrected chi connectivity index (χ3v) is 3.22. The number of hydrogen-bond donors (Lipinski definition) is 2. The van der Waals surface area contributed by atoms with Gasteiger partial charge in [0, 0.05) is 17.6 Å². The van der Waals surface area contributed by atoms with Crippen LogP contribution in [0.25, 0.3) is 0 Å². The van der Waals surface area contributed by atoms with Gasteiger partial charge in [0.25, 0.3) is 0 Å². The monoisotopic (exact) mass is 268 g/mol. The van der Waals surface area contributed by atoms with E-state index in [4.69, 9.17) is 11.6 Å². The van der Waals surface area contributed by atoms with Crippen LogP contribution in [0.3, 0.4) is 0 Å². The van der Waals surface area contributed by atoms with Gasteiger partial charge in [-0.15, -0.1) is 11.6 Å². The largest absolute Gasteiger partial charge is 0.334 e. The number of urea groups is 1. The summed E-state index contributed by atoms with van der Waals surface area (Å²) in [5.74, 6) is 0.921. The van der Waals surface area contributed by atoms with E-state index < -0.39 is 0 Å². The van der Waals surface area contributed by atoms with E-state index in [2.05, 4.69) is 24.5 Å². The predicted octanol–water partition coefficient (Wildman–Crippen LogP) is 3.95. The van der Waals surface area contributed by atoms with Gasteiger partial charge in [0.2, 0.25) is 0 Å². The van der Waals surface area contributed by atoms with Crippen molar-refractivity contribution in [2.24, 2.45) is 0 Å². The minimum absolute atomic E-state index is 0.0154. The lowest BCUT2D eigenvalue weighted by Crippen LogP contribution is -2.38. The maximum Gasteiger partial charge on any atom is 0.319 e. The number of anilines is 1. The molecule has 1 rings (SSSR count). The van der Waals surface area contributed by atoms with Crippen LogP contribution in [-0.2, 0) is 0 Å². The molecular formula is C14H21ClN2O. The van der Waals surface area contributed by atoms with Crippen LogP contribution in [0.5, 0.6) is 0 Å². The zero-order valence-electron chi connectivity index (χ0n) is 11.2. The van der Waals surface area contributed by atoms with Crippen LogP contribution < -0.4 is 10.6 Å². The number of benzene rings is 1. The number of hydrogen-bond acceptors (Lipinski definition) is 1. The molecule has 0 aliphatic carbocycles. The lowest BCUT2D eigenvalue weighted by Gasteiger charge is -2.15. The Hall–Kier alpha value is -1.22. The summed E-state index contributed by atoms with van der Waals surface area (Å²) in [5, 5.41) is 5.62. The summed E-state index contributed by atoms with van der Waals surface area (Å²) in [6.45, 7) is 6.27. The van der Waals surface area contributed by atoms with E-state index in [0.717, 1.165) is 12.1 Å². The van der Waals surface area contributed by atoms with Gasteiger partial charge in [-0.25, -0.2) is 4.79 Å². The fourth-order valence-electron chi connectivity index (χ4n) is 1.55. The van der Waals surface area contributed by atoms with Gasteiger partial charge in [0.15, 0.2) is 0 Å². The van der Waals surface area contributed by atoms with Gasteiger partial charge in [-0.3, -0.25) is 0 Å². The number of rotatable bonds is 5. The van der Waals surface area contributed by atoms with E-state index >= 15 is 0 Å². The highest BCUT2D eigenvalue weighted by atomic mass is 35.5. The van der Waals surface area contributed by atoms with Gasteiger partial charge in [-0.2, -0.15) is 0 Å². The molecule has 0 heterocycles. The zero-order chi connectivity index (χ0) is 13.5. The molecule has 4 heteroatoms. The van der Waals surface area contributed by atoms with Crippen LogP contribution in [0.1, 0.15) is 38.7 Å². The molecule has 2 N–H and O–H groups in total. The highest BCUT2D eigenvalue weighted by Crippen LogP contribution is 2.17. The summed E-state index contributed by atoms with van der Waals surface area (Å²) < 4.78 is 0. The Kier molecular flexibility index (Phi) is 5.99. The predicted molar refractivity (Wildman–Crippen MR) is 77.5 cm³/mol. The third kappa shape index (κ3) is 4.57. The molecule has 0 saturated heterocycles. The van der Waals surface area contributed by atoms with E-state index in [-0.39, 0.29) is 12.1 Å². The number of halogens is 1. The van der Waals surface area contributed by atoms with Gasteiger partial charge in [0.1, 0.15) is 0 Å². The quantitative estimate of drug-likeness (QED) is 0.780. The molecule has 100 valence electrons. The summed E-state index contributed by atoms with van der Waals surface area (Å²) in [5.41, 5.74) is 2.05. The fourth-order valence-corrected chi connectivity index (χ4v) is 1.85. The molecular weight excluding hydrogens is 248 g/mol. The van der Waals surface area contributed by atoms with Gasteiger partial charge in [-0.1, -0.05) is 32.9 Å².